The molecule has 1 rings (SSSR count). The van der Waals surface area contributed by atoms with Crippen LogP contribution in [-0.4, -0.2) is 20.5 Å². The number of rotatable bonds is 4. The number of amides is 1. The van der Waals surface area contributed by atoms with Crippen LogP contribution in [0.2, 0.25) is 0 Å². The van der Waals surface area contributed by atoms with Crippen molar-refractivity contribution in [3.05, 3.63) is 17.7 Å². The van der Waals surface area contributed by atoms with E-state index in [9.17, 15) is 4.79 Å². The Kier molecular flexibility index (Phi) is 3.34. The summed E-state index contributed by atoms with van der Waals surface area (Å²) in [6.45, 7) is 1.99. The largest absolute Gasteiger partial charge is 0.388 e. The third-order valence-corrected chi connectivity index (χ3v) is 2.09. The summed E-state index contributed by atoms with van der Waals surface area (Å²) in [6.07, 6.45) is 0.676. The quantitative estimate of drug-likeness (QED) is 0.637. The third kappa shape index (κ3) is 1.96. The third-order valence-electron chi connectivity index (χ3n) is 2.09. The van der Waals surface area contributed by atoms with Crippen LogP contribution >= 0.6 is 0 Å². The van der Waals surface area contributed by atoms with Crippen molar-refractivity contribution in [2.45, 2.75) is 6.92 Å². The molecule has 1 aromatic rings. The van der Waals surface area contributed by atoms with Gasteiger partial charge in [0.05, 0.1) is 11.4 Å². The molecule has 0 saturated heterocycles. The second kappa shape index (κ2) is 4.50. The first-order valence-corrected chi connectivity index (χ1v) is 4.43. The van der Waals surface area contributed by atoms with Crippen molar-refractivity contribution in [3.8, 4) is 0 Å². The lowest BCUT2D eigenvalue weighted by Gasteiger charge is -2.13. The van der Waals surface area contributed by atoms with Gasteiger partial charge in [-0.15, -0.1) is 0 Å². The van der Waals surface area contributed by atoms with Crippen molar-refractivity contribution in [1.29, 1.82) is 0 Å². The second-order valence-corrected chi connectivity index (χ2v) is 2.98. The number of carbonyl (C=O) groups excluding carboxylic acids is 1. The Hall–Kier alpha value is -1.71. The van der Waals surface area contributed by atoms with Crippen LogP contribution in [-0.2, 0) is 4.79 Å². The van der Waals surface area contributed by atoms with Gasteiger partial charge in [0.1, 0.15) is 0 Å². The molecule has 0 atom stereocenters. The molecule has 0 heterocycles. The summed E-state index contributed by atoms with van der Waals surface area (Å²) in [5.41, 5.74) is 3.79. The predicted molar refractivity (Wildman–Crippen MR) is 60.0 cm³/mol. The first-order valence-electron chi connectivity index (χ1n) is 4.43. The number of hydrogen-bond donors (Lipinski definition) is 3. The average Bonchev–Trinajstić information content (AvgIpc) is 2.18. The molecule has 0 fully saturated rings. The predicted octanol–water partition coefficient (Wildman–Crippen LogP) is 1.65. The van der Waals surface area contributed by atoms with Gasteiger partial charge in [-0.05, 0) is 24.6 Å². The van der Waals surface area contributed by atoms with Gasteiger partial charge in [0.15, 0.2) is 0 Å². The summed E-state index contributed by atoms with van der Waals surface area (Å²) in [7, 11) is 3.68. The van der Waals surface area contributed by atoms with Crippen LogP contribution in [0, 0.1) is 6.92 Å². The molecule has 14 heavy (non-hydrogen) atoms. The fraction of sp³-hybridized carbons (Fsp3) is 0.300. The van der Waals surface area contributed by atoms with Gasteiger partial charge in [-0.1, -0.05) is 0 Å². The lowest BCUT2D eigenvalue weighted by molar-refractivity contribution is -0.105. The SMILES string of the molecule is CNc1cc(C)c(NC)c(NC=O)c1. The Balaban J connectivity index is 3.20. The van der Waals surface area contributed by atoms with Gasteiger partial charge in [0.2, 0.25) is 6.41 Å². The molecular weight excluding hydrogens is 178 g/mol. The Labute approximate surface area is 83.7 Å². The van der Waals surface area contributed by atoms with E-state index in [4.69, 9.17) is 0 Å². The standard InChI is InChI=1S/C10H15N3O/c1-7-4-8(11-2)5-9(13-6-14)10(7)12-3/h4-6,11-12H,1-3H3,(H,13,14). The molecule has 0 aliphatic carbocycles. The molecule has 0 aliphatic heterocycles. The molecule has 0 radical (unpaired) electrons. The number of benzene rings is 1. The number of carbonyl (C=O) groups is 1. The monoisotopic (exact) mass is 193 g/mol. The molecule has 76 valence electrons. The summed E-state index contributed by atoms with van der Waals surface area (Å²) in [5, 5.41) is 8.74. The van der Waals surface area contributed by atoms with Gasteiger partial charge in [-0.3, -0.25) is 4.79 Å². The maximum absolute atomic E-state index is 10.4. The topological polar surface area (TPSA) is 53.2 Å². The second-order valence-electron chi connectivity index (χ2n) is 2.98. The van der Waals surface area contributed by atoms with Crippen LogP contribution in [0.1, 0.15) is 5.56 Å². The number of aryl methyl sites for hydroxylation is 1. The summed E-state index contributed by atoms with van der Waals surface area (Å²) in [4.78, 5) is 10.4. The summed E-state index contributed by atoms with van der Waals surface area (Å²) >= 11 is 0. The van der Waals surface area contributed by atoms with Gasteiger partial charge in [-0.2, -0.15) is 0 Å². The molecule has 0 aliphatic rings. The van der Waals surface area contributed by atoms with Gasteiger partial charge in [0, 0.05) is 19.8 Å². The molecule has 1 amide bonds. The van der Waals surface area contributed by atoms with Crippen molar-refractivity contribution in [2.24, 2.45) is 0 Å². The summed E-state index contributed by atoms with van der Waals surface area (Å²) in [5.74, 6) is 0. The van der Waals surface area contributed by atoms with Crippen LogP contribution in [0.25, 0.3) is 0 Å². The highest BCUT2D eigenvalue weighted by atomic mass is 16.1. The van der Waals surface area contributed by atoms with Gasteiger partial charge >= 0.3 is 0 Å². The van der Waals surface area contributed by atoms with Gasteiger partial charge < -0.3 is 16.0 Å². The molecule has 0 bridgehead atoms. The average molecular weight is 193 g/mol. The molecule has 0 aromatic heterocycles. The van der Waals surface area contributed by atoms with Gasteiger partial charge in [0.25, 0.3) is 0 Å². The Morgan fingerprint density at radius 3 is 2.43 bits per heavy atom. The minimum Gasteiger partial charge on any atom is -0.388 e. The fourth-order valence-corrected chi connectivity index (χ4v) is 1.44. The van der Waals surface area contributed by atoms with Crippen LogP contribution < -0.4 is 16.0 Å². The minimum absolute atomic E-state index is 0.676. The normalized spacial score (nSPS) is 9.36. The highest BCUT2D eigenvalue weighted by molar-refractivity contribution is 5.85. The highest BCUT2D eigenvalue weighted by Gasteiger charge is 2.05. The molecule has 4 nitrogen and oxygen atoms in total. The van der Waals surface area contributed by atoms with Gasteiger partial charge in [-0.25, -0.2) is 0 Å². The van der Waals surface area contributed by atoms with Crippen molar-refractivity contribution < 1.29 is 4.79 Å². The zero-order chi connectivity index (χ0) is 10.6. The molecule has 4 heteroatoms. The highest BCUT2D eigenvalue weighted by Crippen LogP contribution is 2.29. The van der Waals surface area contributed by atoms with Crippen molar-refractivity contribution in [1.82, 2.24) is 0 Å². The molecule has 3 N–H and O–H groups in total. The van der Waals surface area contributed by atoms with Crippen LogP contribution in [0.4, 0.5) is 17.1 Å². The molecule has 0 unspecified atom stereocenters. The maximum atomic E-state index is 10.4. The number of nitrogens with one attached hydrogen (secondary N) is 3. The zero-order valence-corrected chi connectivity index (χ0v) is 8.64. The molecule has 1 aromatic carbocycles. The van der Waals surface area contributed by atoms with Crippen LogP contribution in [0.3, 0.4) is 0 Å². The van der Waals surface area contributed by atoms with Crippen molar-refractivity contribution >= 4 is 23.5 Å². The molecule has 0 spiro atoms. The minimum atomic E-state index is 0.676. The van der Waals surface area contributed by atoms with E-state index in [-0.39, 0.29) is 0 Å². The number of hydrogen-bond acceptors (Lipinski definition) is 3. The first-order chi connectivity index (χ1) is 6.72. The van der Waals surface area contributed by atoms with E-state index in [0.717, 1.165) is 22.6 Å². The van der Waals surface area contributed by atoms with E-state index >= 15 is 0 Å². The Morgan fingerprint density at radius 1 is 1.21 bits per heavy atom. The lowest BCUT2D eigenvalue weighted by Crippen LogP contribution is -2.02. The first kappa shape index (κ1) is 10.4. The lowest BCUT2D eigenvalue weighted by atomic mass is 10.1. The van der Waals surface area contributed by atoms with E-state index in [1.165, 1.54) is 0 Å². The van der Waals surface area contributed by atoms with E-state index in [1.54, 1.807) is 0 Å². The Morgan fingerprint density at radius 2 is 1.93 bits per heavy atom. The van der Waals surface area contributed by atoms with Crippen LogP contribution in [0.15, 0.2) is 12.1 Å². The van der Waals surface area contributed by atoms with Crippen molar-refractivity contribution in [2.75, 3.05) is 30.0 Å². The van der Waals surface area contributed by atoms with Crippen LogP contribution in [0.5, 0.6) is 0 Å². The molecule has 0 saturated carbocycles. The van der Waals surface area contributed by atoms with E-state index < -0.39 is 0 Å². The van der Waals surface area contributed by atoms with E-state index in [1.807, 2.05) is 33.2 Å². The Bertz CT molecular complexity index is 336. The zero-order valence-electron chi connectivity index (χ0n) is 8.64. The fourth-order valence-electron chi connectivity index (χ4n) is 1.44. The maximum Gasteiger partial charge on any atom is 0.211 e. The summed E-state index contributed by atoms with van der Waals surface area (Å²) in [6, 6.07) is 3.90. The molecular formula is C10H15N3O. The van der Waals surface area contributed by atoms with Crippen molar-refractivity contribution in [3.63, 3.8) is 0 Å². The summed E-state index contributed by atoms with van der Waals surface area (Å²) < 4.78 is 0. The van der Waals surface area contributed by atoms with E-state index in [0.29, 0.717) is 6.41 Å². The smallest absolute Gasteiger partial charge is 0.211 e. The number of anilines is 3. The van der Waals surface area contributed by atoms with E-state index in [2.05, 4.69) is 16.0 Å².